The number of hydrogen-bond donors (Lipinski definition) is 1. The first-order valence-corrected chi connectivity index (χ1v) is 9.71. The van der Waals surface area contributed by atoms with E-state index in [2.05, 4.69) is 5.32 Å². The summed E-state index contributed by atoms with van der Waals surface area (Å²) in [5.41, 5.74) is 0. The Morgan fingerprint density at radius 3 is 2.77 bits per heavy atom. The van der Waals surface area contributed by atoms with E-state index in [4.69, 9.17) is 4.74 Å². The highest BCUT2D eigenvalue weighted by Crippen LogP contribution is 2.27. The second kappa shape index (κ2) is 8.51. The Morgan fingerprint density at radius 1 is 1.31 bits per heavy atom. The number of benzene rings is 1. The molecule has 1 atom stereocenters. The molecule has 3 rings (SSSR count). The van der Waals surface area contributed by atoms with Crippen LogP contribution < -0.4 is 10.1 Å². The fourth-order valence-electron chi connectivity index (χ4n) is 3.35. The van der Waals surface area contributed by atoms with Gasteiger partial charge in [-0.2, -0.15) is 4.31 Å². The number of sulfonamides is 1. The molecule has 26 heavy (non-hydrogen) atoms. The average molecular weight is 408 g/mol. The lowest BCUT2D eigenvalue weighted by atomic mass is 10.1. The molecule has 1 amide bonds. The highest BCUT2D eigenvalue weighted by atomic mass is 35.5. The van der Waals surface area contributed by atoms with Crippen molar-refractivity contribution in [3.8, 4) is 5.75 Å². The number of rotatable bonds is 4. The molecule has 0 saturated carbocycles. The van der Waals surface area contributed by atoms with Gasteiger partial charge >= 0.3 is 0 Å². The molecule has 2 heterocycles. The smallest absolute Gasteiger partial charge is 0.243 e. The molecule has 0 bridgehead atoms. The summed E-state index contributed by atoms with van der Waals surface area (Å²) in [4.78, 5) is 13.8. The Labute approximate surface area is 158 Å². The number of piperazine rings is 1. The van der Waals surface area contributed by atoms with Crippen molar-refractivity contribution in [2.24, 2.45) is 0 Å². The molecule has 1 aromatic rings. The largest absolute Gasteiger partial charge is 0.494 e. The molecule has 0 radical (unpaired) electrons. The van der Waals surface area contributed by atoms with Crippen LogP contribution in [0.15, 0.2) is 23.1 Å². The fourth-order valence-corrected chi connectivity index (χ4v) is 4.88. The third-order valence-electron chi connectivity index (χ3n) is 4.69. The maximum atomic E-state index is 13.6. The maximum Gasteiger partial charge on any atom is 0.243 e. The minimum atomic E-state index is -3.77. The summed E-state index contributed by atoms with van der Waals surface area (Å²) >= 11 is 0. The van der Waals surface area contributed by atoms with E-state index in [0.29, 0.717) is 32.6 Å². The van der Waals surface area contributed by atoms with E-state index < -0.39 is 15.8 Å². The second-order valence-electron chi connectivity index (χ2n) is 6.22. The summed E-state index contributed by atoms with van der Waals surface area (Å²) < 4.78 is 45.6. The number of nitrogens with zero attached hydrogens (tertiary/aromatic N) is 2. The minimum Gasteiger partial charge on any atom is -0.494 e. The quantitative estimate of drug-likeness (QED) is 0.800. The third-order valence-corrected chi connectivity index (χ3v) is 6.55. The van der Waals surface area contributed by atoms with Crippen LogP contribution in [0.2, 0.25) is 0 Å². The zero-order valence-corrected chi connectivity index (χ0v) is 16.1. The fraction of sp³-hybridized carbons (Fsp3) is 0.562. The molecule has 2 aliphatic heterocycles. The summed E-state index contributed by atoms with van der Waals surface area (Å²) in [6.07, 6.45) is 1.46. The van der Waals surface area contributed by atoms with E-state index in [-0.39, 0.29) is 41.5 Å². The van der Waals surface area contributed by atoms with Crippen LogP contribution in [-0.2, 0) is 14.8 Å². The molecule has 0 aliphatic carbocycles. The van der Waals surface area contributed by atoms with Crippen LogP contribution in [0.5, 0.6) is 5.75 Å². The lowest BCUT2D eigenvalue weighted by molar-refractivity contribution is -0.135. The number of piperidine rings is 1. The van der Waals surface area contributed by atoms with Crippen molar-refractivity contribution < 1.29 is 22.3 Å². The highest BCUT2D eigenvalue weighted by molar-refractivity contribution is 7.89. The zero-order chi connectivity index (χ0) is 18.0. The minimum absolute atomic E-state index is 0. The van der Waals surface area contributed by atoms with Crippen LogP contribution in [0.3, 0.4) is 0 Å². The lowest BCUT2D eigenvalue weighted by Gasteiger charge is -2.40. The molecule has 146 valence electrons. The normalized spacial score (nSPS) is 22.0. The van der Waals surface area contributed by atoms with Crippen molar-refractivity contribution in [2.75, 3.05) is 39.8 Å². The monoisotopic (exact) mass is 407 g/mol. The molecule has 10 heteroatoms. The molecule has 1 unspecified atom stereocenters. The summed E-state index contributed by atoms with van der Waals surface area (Å²) in [5, 5.41) is 3.02. The number of ether oxygens (including phenoxy) is 1. The van der Waals surface area contributed by atoms with Gasteiger partial charge in [0.1, 0.15) is 0 Å². The van der Waals surface area contributed by atoms with Crippen LogP contribution in [0.25, 0.3) is 0 Å². The van der Waals surface area contributed by atoms with Gasteiger partial charge in [-0.15, -0.1) is 12.4 Å². The van der Waals surface area contributed by atoms with E-state index in [1.54, 1.807) is 4.90 Å². The zero-order valence-electron chi connectivity index (χ0n) is 14.5. The number of halogens is 2. The second-order valence-corrected chi connectivity index (χ2v) is 8.16. The summed E-state index contributed by atoms with van der Waals surface area (Å²) in [6.45, 7) is 2.23. The van der Waals surface area contributed by atoms with Crippen molar-refractivity contribution in [1.29, 1.82) is 0 Å². The highest BCUT2D eigenvalue weighted by Gasteiger charge is 2.35. The lowest BCUT2D eigenvalue weighted by Crippen LogP contribution is -2.57. The topological polar surface area (TPSA) is 79.0 Å². The third kappa shape index (κ3) is 4.11. The first kappa shape index (κ1) is 20.9. The van der Waals surface area contributed by atoms with E-state index in [9.17, 15) is 17.6 Å². The Bertz CT molecular complexity index is 762. The van der Waals surface area contributed by atoms with Gasteiger partial charge in [-0.1, -0.05) is 0 Å². The van der Waals surface area contributed by atoms with Gasteiger partial charge in [0.05, 0.1) is 18.6 Å². The van der Waals surface area contributed by atoms with Crippen LogP contribution in [0.1, 0.15) is 12.8 Å². The van der Waals surface area contributed by atoms with Gasteiger partial charge in [-0.05, 0) is 25.0 Å². The average Bonchev–Trinajstić information content (AvgIpc) is 2.62. The molecule has 2 saturated heterocycles. The van der Waals surface area contributed by atoms with E-state index in [0.717, 1.165) is 12.5 Å². The maximum absolute atomic E-state index is 13.6. The molecular formula is C16H23ClFN3O4S. The number of methoxy groups -OCH3 is 1. The van der Waals surface area contributed by atoms with E-state index in [1.165, 1.54) is 23.5 Å². The number of hydrogen-bond acceptors (Lipinski definition) is 5. The van der Waals surface area contributed by atoms with Crippen molar-refractivity contribution in [1.82, 2.24) is 14.5 Å². The predicted octanol–water partition coefficient (Wildman–Crippen LogP) is 0.841. The van der Waals surface area contributed by atoms with Gasteiger partial charge in [0, 0.05) is 38.3 Å². The molecule has 1 aromatic carbocycles. The molecule has 7 nitrogen and oxygen atoms in total. The Hall–Kier alpha value is -1.42. The van der Waals surface area contributed by atoms with Gasteiger partial charge < -0.3 is 15.0 Å². The van der Waals surface area contributed by atoms with E-state index >= 15 is 0 Å². The Morgan fingerprint density at radius 2 is 2.08 bits per heavy atom. The van der Waals surface area contributed by atoms with Gasteiger partial charge in [-0.3, -0.25) is 4.79 Å². The summed E-state index contributed by atoms with van der Waals surface area (Å²) in [5.74, 6) is -0.713. The molecule has 1 N–H and O–H groups in total. The molecule has 2 fully saturated rings. The number of carbonyl (C=O) groups excluding carboxylic acids is 1. The molecule has 2 aliphatic rings. The predicted molar refractivity (Wildman–Crippen MR) is 96.6 cm³/mol. The summed E-state index contributed by atoms with van der Waals surface area (Å²) in [6, 6.07) is 3.41. The summed E-state index contributed by atoms with van der Waals surface area (Å²) in [7, 11) is -2.47. The number of nitrogens with one attached hydrogen (secondary N) is 1. The van der Waals surface area contributed by atoms with Crippen LogP contribution in [-0.4, -0.2) is 69.4 Å². The number of amides is 1. The standard InChI is InChI=1S/C16H22FN3O4S.ClH/c1-24-15-9-13(4-5-14(15)17)25(22,23)19-7-2-3-12(11-19)20-8-6-18-10-16(20)21;/h4-5,9,12,18H,2-3,6-8,10-11H2,1H3;1H. The van der Waals surface area contributed by atoms with Crippen molar-refractivity contribution >= 4 is 28.3 Å². The first-order chi connectivity index (χ1) is 11.9. The molecule has 0 spiro atoms. The van der Waals surface area contributed by atoms with Crippen molar-refractivity contribution in [2.45, 2.75) is 23.8 Å². The van der Waals surface area contributed by atoms with E-state index in [1.807, 2.05) is 0 Å². The van der Waals surface area contributed by atoms with Gasteiger partial charge in [0.25, 0.3) is 0 Å². The van der Waals surface area contributed by atoms with Crippen molar-refractivity contribution in [3.05, 3.63) is 24.0 Å². The van der Waals surface area contributed by atoms with Crippen LogP contribution in [0, 0.1) is 5.82 Å². The Balaban J connectivity index is 0.00000243. The Kier molecular flexibility index (Phi) is 6.84. The van der Waals surface area contributed by atoms with Gasteiger partial charge in [-0.25, -0.2) is 12.8 Å². The SMILES string of the molecule is COc1cc(S(=O)(=O)N2CCCC(N3CCNCC3=O)C2)ccc1F.Cl. The van der Waals surface area contributed by atoms with Crippen LogP contribution >= 0.6 is 12.4 Å². The first-order valence-electron chi connectivity index (χ1n) is 8.27. The van der Waals surface area contributed by atoms with Crippen molar-refractivity contribution in [3.63, 3.8) is 0 Å². The molecule has 0 aromatic heterocycles. The molecular weight excluding hydrogens is 385 g/mol. The number of carbonyl (C=O) groups is 1. The van der Waals surface area contributed by atoms with Gasteiger partial charge in [0.2, 0.25) is 15.9 Å². The van der Waals surface area contributed by atoms with Crippen LogP contribution in [0.4, 0.5) is 4.39 Å². The van der Waals surface area contributed by atoms with Gasteiger partial charge in [0.15, 0.2) is 11.6 Å².